The maximum atomic E-state index is 5.16. The summed E-state index contributed by atoms with van der Waals surface area (Å²) in [5.74, 6) is 1.63. The van der Waals surface area contributed by atoms with Crippen LogP contribution in [-0.4, -0.2) is 20.3 Å². The molecule has 0 unspecified atom stereocenters. The molecule has 0 aliphatic rings. The molecule has 2 aromatic heterocycles. The second-order valence-electron chi connectivity index (χ2n) is 4.11. The van der Waals surface area contributed by atoms with Crippen molar-refractivity contribution in [2.75, 3.05) is 0 Å². The zero-order valence-electron chi connectivity index (χ0n) is 10.6. The summed E-state index contributed by atoms with van der Waals surface area (Å²) < 4.78 is 10.2. The maximum Gasteiger partial charge on any atom is 0.316 e. The van der Waals surface area contributed by atoms with Gasteiger partial charge in [0.05, 0.1) is 0 Å². The van der Waals surface area contributed by atoms with Gasteiger partial charge in [-0.05, 0) is 12.5 Å². The van der Waals surface area contributed by atoms with Crippen LogP contribution in [0, 0.1) is 6.92 Å². The first-order valence-corrected chi connectivity index (χ1v) is 6.00. The summed E-state index contributed by atoms with van der Waals surface area (Å²) in [6.07, 6.45) is 0.697. The van der Waals surface area contributed by atoms with Crippen molar-refractivity contribution in [1.29, 1.82) is 0 Å². The molecule has 96 valence electrons. The fourth-order valence-corrected chi connectivity index (χ4v) is 1.73. The van der Waals surface area contributed by atoms with Gasteiger partial charge in [0.15, 0.2) is 5.82 Å². The SMILES string of the molecule is CCc1noc(-c2nc(-c3ccccc3C)no2)n1. The van der Waals surface area contributed by atoms with Crippen LogP contribution in [0.25, 0.3) is 23.2 Å². The van der Waals surface area contributed by atoms with Gasteiger partial charge < -0.3 is 9.05 Å². The molecule has 0 N–H and O–H groups in total. The van der Waals surface area contributed by atoms with E-state index in [1.54, 1.807) is 0 Å². The van der Waals surface area contributed by atoms with Gasteiger partial charge in [0.2, 0.25) is 5.82 Å². The first kappa shape index (κ1) is 11.6. The highest BCUT2D eigenvalue weighted by atomic mass is 16.5. The van der Waals surface area contributed by atoms with E-state index < -0.39 is 0 Å². The Kier molecular flexibility index (Phi) is 2.83. The van der Waals surface area contributed by atoms with Crippen LogP contribution in [0.3, 0.4) is 0 Å². The Morgan fingerprint density at radius 3 is 2.47 bits per heavy atom. The van der Waals surface area contributed by atoms with Crippen LogP contribution in [0.4, 0.5) is 0 Å². The minimum absolute atomic E-state index is 0.241. The molecule has 6 nitrogen and oxygen atoms in total. The van der Waals surface area contributed by atoms with Gasteiger partial charge in [-0.2, -0.15) is 9.97 Å². The van der Waals surface area contributed by atoms with Crippen molar-refractivity contribution in [2.24, 2.45) is 0 Å². The molecule has 1 aromatic carbocycles. The lowest BCUT2D eigenvalue weighted by molar-refractivity contribution is 0.380. The Hall–Kier alpha value is -2.50. The molecule has 0 saturated carbocycles. The van der Waals surface area contributed by atoms with Crippen molar-refractivity contribution in [3.63, 3.8) is 0 Å². The number of rotatable bonds is 3. The van der Waals surface area contributed by atoms with Crippen molar-refractivity contribution in [1.82, 2.24) is 20.3 Å². The molecule has 0 spiro atoms. The van der Waals surface area contributed by atoms with Crippen LogP contribution < -0.4 is 0 Å². The normalized spacial score (nSPS) is 10.8. The molecular formula is C13H12N4O2. The Bertz CT molecular complexity index is 702. The predicted octanol–water partition coefficient (Wildman–Crippen LogP) is 2.66. The maximum absolute atomic E-state index is 5.16. The molecule has 0 aliphatic heterocycles. The molecule has 0 fully saturated rings. The molecule has 3 rings (SSSR count). The Balaban J connectivity index is 1.97. The lowest BCUT2D eigenvalue weighted by Gasteiger charge is -1.97. The second-order valence-corrected chi connectivity index (χ2v) is 4.11. The standard InChI is InChI=1S/C13H12N4O2/c1-3-10-14-12(18-16-10)13-15-11(17-19-13)9-7-5-4-6-8(9)2/h4-7H,3H2,1-2H3. The molecule has 0 atom stereocenters. The van der Waals surface area contributed by atoms with Gasteiger partial charge in [-0.1, -0.05) is 41.5 Å². The third-order valence-corrected chi connectivity index (χ3v) is 2.78. The first-order chi connectivity index (χ1) is 9.28. The zero-order valence-corrected chi connectivity index (χ0v) is 10.6. The fourth-order valence-electron chi connectivity index (χ4n) is 1.73. The average Bonchev–Trinajstić information content (AvgIpc) is 3.08. The van der Waals surface area contributed by atoms with Crippen molar-refractivity contribution in [3.8, 4) is 23.2 Å². The summed E-state index contributed by atoms with van der Waals surface area (Å²) in [6.45, 7) is 3.94. The van der Waals surface area contributed by atoms with E-state index in [4.69, 9.17) is 9.05 Å². The number of nitrogens with zero attached hydrogens (tertiary/aromatic N) is 4. The number of hydrogen-bond donors (Lipinski definition) is 0. The predicted molar refractivity (Wildman–Crippen MR) is 67.1 cm³/mol. The van der Waals surface area contributed by atoms with Crippen molar-refractivity contribution in [3.05, 3.63) is 35.7 Å². The van der Waals surface area contributed by atoms with E-state index in [2.05, 4.69) is 20.3 Å². The quantitative estimate of drug-likeness (QED) is 0.716. The molecule has 0 bridgehead atoms. The van der Waals surface area contributed by atoms with Gasteiger partial charge in [0, 0.05) is 12.0 Å². The Morgan fingerprint density at radius 1 is 1.00 bits per heavy atom. The van der Waals surface area contributed by atoms with Crippen LogP contribution in [0.2, 0.25) is 0 Å². The highest BCUT2D eigenvalue weighted by Crippen LogP contribution is 2.23. The third-order valence-electron chi connectivity index (χ3n) is 2.78. The summed E-state index contributed by atoms with van der Waals surface area (Å²) >= 11 is 0. The monoisotopic (exact) mass is 256 g/mol. The average molecular weight is 256 g/mol. The molecule has 0 aliphatic carbocycles. The van der Waals surface area contributed by atoms with Crippen molar-refractivity contribution in [2.45, 2.75) is 20.3 Å². The summed E-state index contributed by atoms with van der Waals surface area (Å²) in [4.78, 5) is 8.44. The van der Waals surface area contributed by atoms with E-state index >= 15 is 0 Å². The zero-order chi connectivity index (χ0) is 13.2. The van der Waals surface area contributed by atoms with Gasteiger partial charge in [0.25, 0.3) is 0 Å². The smallest absolute Gasteiger partial charge is 0.316 e. The molecule has 2 heterocycles. The minimum Gasteiger partial charge on any atom is -0.329 e. The van der Waals surface area contributed by atoms with Crippen LogP contribution in [0.1, 0.15) is 18.3 Å². The highest BCUT2D eigenvalue weighted by molar-refractivity contribution is 5.60. The van der Waals surface area contributed by atoms with Crippen molar-refractivity contribution >= 4 is 0 Å². The van der Waals surface area contributed by atoms with Crippen LogP contribution in [0.5, 0.6) is 0 Å². The lowest BCUT2D eigenvalue weighted by atomic mass is 10.1. The van der Waals surface area contributed by atoms with E-state index in [0.29, 0.717) is 18.1 Å². The molecular weight excluding hydrogens is 244 g/mol. The summed E-state index contributed by atoms with van der Waals surface area (Å²) in [5, 5.41) is 7.74. The first-order valence-electron chi connectivity index (χ1n) is 6.00. The fraction of sp³-hybridized carbons (Fsp3) is 0.231. The minimum atomic E-state index is 0.241. The number of aromatic nitrogens is 4. The van der Waals surface area contributed by atoms with Crippen LogP contribution in [0.15, 0.2) is 33.3 Å². The molecule has 0 radical (unpaired) electrons. The van der Waals surface area contributed by atoms with Crippen LogP contribution >= 0.6 is 0 Å². The van der Waals surface area contributed by atoms with Crippen LogP contribution in [-0.2, 0) is 6.42 Å². The summed E-state index contributed by atoms with van der Waals surface area (Å²) in [5.41, 5.74) is 2.00. The summed E-state index contributed by atoms with van der Waals surface area (Å²) in [7, 11) is 0. The van der Waals surface area contributed by atoms with Gasteiger partial charge >= 0.3 is 11.8 Å². The Labute approximate surface area is 109 Å². The third kappa shape index (κ3) is 2.12. The van der Waals surface area contributed by atoms with E-state index in [-0.39, 0.29) is 11.8 Å². The van der Waals surface area contributed by atoms with Crippen molar-refractivity contribution < 1.29 is 9.05 Å². The number of benzene rings is 1. The molecule has 19 heavy (non-hydrogen) atoms. The highest BCUT2D eigenvalue weighted by Gasteiger charge is 2.17. The summed E-state index contributed by atoms with van der Waals surface area (Å²) in [6, 6.07) is 7.83. The van der Waals surface area contributed by atoms with Gasteiger partial charge in [0.1, 0.15) is 0 Å². The largest absolute Gasteiger partial charge is 0.329 e. The van der Waals surface area contributed by atoms with E-state index in [9.17, 15) is 0 Å². The van der Waals surface area contributed by atoms with Gasteiger partial charge in [-0.25, -0.2) is 0 Å². The van der Waals surface area contributed by atoms with Gasteiger partial charge in [-0.15, -0.1) is 0 Å². The molecule has 6 heteroatoms. The second kappa shape index (κ2) is 4.64. The molecule has 0 saturated heterocycles. The Morgan fingerprint density at radius 2 is 1.74 bits per heavy atom. The molecule has 0 amide bonds. The van der Waals surface area contributed by atoms with E-state index in [0.717, 1.165) is 11.1 Å². The topological polar surface area (TPSA) is 77.8 Å². The van der Waals surface area contributed by atoms with E-state index in [1.807, 2.05) is 38.1 Å². The lowest BCUT2D eigenvalue weighted by Crippen LogP contribution is -1.85. The number of aryl methyl sites for hydroxylation is 2. The molecule has 3 aromatic rings. The van der Waals surface area contributed by atoms with E-state index in [1.165, 1.54) is 0 Å². The number of hydrogen-bond acceptors (Lipinski definition) is 6. The van der Waals surface area contributed by atoms with Gasteiger partial charge in [-0.3, -0.25) is 0 Å².